The average molecular weight is 269 g/mol. The summed E-state index contributed by atoms with van der Waals surface area (Å²) in [6.07, 6.45) is 2.57. The molecule has 2 heterocycles. The van der Waals surface area contributed by atoms with E-state index < -0.39 is 10.0 Å². The predicted molar refractivity (Wildman–Crippen MR) is 69.8 cm³/mol. The van der Waals surface area contributed by atoms with Crippen molar-refractivity contribution in [3.05, 3.63) is 23.8 Å². The molecule has 1 aliphatic rings. The summed E-state index contributed by atoms with van der Waals surface area (Å²) in [6, 6.07) is 1.88. The normalized spacial score (nSPS) is 21.7. The van der Waals surface area contributed by atoms with E-state index in [1.807, 2.05) is 13.0 Å². The lowest BCUT2D eigenvalue weighted by Gasteiger charge is -2.19. The van der Waals surface area contributed by atoms with Crippen LogP contribution in [0.25, 0.3) is 0 Å². The van der Waals surface area contributed by atoms with Crippen molar-refractivity contribution in [1.29, 1.82) is 0 Å². The van der Waals surface area contributed by atoms with Crippen LogP contribution in [0.2, 0.25) is 0 Å². The Morgan fingerprint density at radius 3 is 2.78 bits per heavy atom. The molecule has 6 heteroatoms. The summed E-state index contributed by atoms with van der Waals surface area (Å²) in [5.74, 6) is 0.929. The van der Waals surface area contributed by atoms with E-state index in [1.165, 1.54) is 0 Å². The van der Waals surface area contributed by atoms with Gasteiger partial charge in [0, 0.05) is 30.9 Å². The van der Waals surface area contributed by atoms with Crippen molar-refractivity contribution in [1.82, 2.24) is 14.3 Å². The van der Waals surface area contributed by atoms with Gasteiger partial charge in [0.05, 0.1) is 5.25 Å². The van der Waals surface area contributed by atoms with Gasteiger partial charge < -0.3 is 0 Å². The molecule has 0 N–H and O–H groups in total. The Balaban J connectivity index is 2.14. The molecule has 1 aliphatic heterocycles. The van der Waals surface area contributed by atoms with Crippen molar-refractivity contribution < 1.29 is 8.42 Å². The lowest BCUT2D eigenvalue weighted by atomic mass is 10.1. The molecule has 18 heavy (non-hydrogen) atoms. The van der Waals surface area contributed by atoms with E-state index in [4.69, 9.17) is 0 Å². The van der Waals surface area contributed by atoms with Crippen molar-refractivity contribution in [2.75, 3.05) is 13.1 Å². The first kappa shape index (κ1) is 13.4. The number of sulfonamides is 1. The fraction of sp³-hybridized carbons (Fsp3) is 0.667. The van der Waals surface area contributed by atoms with Gasteiger partial charge in [0.2, 0.25) is 10.0 Å². The quantitative estimate of drug-likeness (QED) is 0.830. The van der Waals surface area contributed by atoms with Crippen LogP contribution < -0.4 is 0 Å². The van der Waals surface area contributed by atoms with Crippen LogP contribution in [0.15, 0.2) is 12.3 Å². The smallest absolute Gasteiger partial charge is 0.216 e. The van der Waals surface area contributed by atoms with Crippen LogP contribution in [0.1, 0.15) is 37.7 Å². The fourth-order valence-electron chi connectivity index (χ4n) is 2.20. The highest BCUT2D eigenvalue weighted by Crippen LogP contribution is 2.28. The molecule has 0 aromatic carbocycles. The second-order valence-corrected chi connectivity index (χ2v) is 7.46. The molecular weight excluding hydrogens is 250 g/mol. The lowest BCUT2D eigenvalue weighted by Crippen LogP contribution is -2.34. The third kappa shape index (κ3) is 2.54. The molecule has 1 atom stereocenters. The molecule has 0 spiro atoms. The summed E-state index contributed by atoms with van der Waals surface area (Å²) < 4.78 is 25.7. The van der Waals surface area contributed by atoms with E-state index in [-0.39, 0.29) is 11.2 Å². The molecule has 1 unspecified atom stereocenters. The summed E-state index contributed by atoms with van der Waals surface area (Å²) in [5, 5.41) is -0.358. The minimum atomic E-state index is -3.14. The standard InChI is InChI=1S/C12H19N3O2S/c1-9(2)18(16,17)15-7-5-11(8-15)12-4-6-13-10(3)14-12/h4,6,9,11H,5,7-8H2,1-3H3. The third-order valence-electron chi connectivity index (χ3n) is 3.32. The van der Waals surface area contributed by atoms with E-state index in [1.54, 1.807) is 24.3 Å². The Morgan fingerprint density at radius 1 is 1.44 bits per heavy atom. The highest BCUT2D eigenvalue weighted by molar-refractivity contribution is 7.89. The van der Waals surface area contributed by atoms with Gasteiger partial charge in [-0.25, -0.2) is 22.7 Å². The van der Waals surface area contributed by atoms with Gasteiger partial charge in [-0.1, -0.05) is 0 Å². The van der Waals surface area contributed by atoms with Crippen LogP contribution in [0.4, 0.5) is 0 Å². The van der Waals surface area contributed by atoms with Gasteiger partial charge >= 0.3 is 0 Å². The van der Waals surface area contributed by atoms with Crippen molar-refractivity contribution >= 4 is 10.0 Å². The Morgan fingerprint density at radius 2 is 2.17 bits per heavy atom. The highest BCUT2D eigenvalue weighted by Gasteiger charge is 2.34. The van der Waals surface area contributed by atoms with Crippen molar-refractivity contribution in [2.45, 2.75) is 38.4 Å². The first-order valence-corrected chi connectivity index (χ1v) is 7.70. The molecule has 0 amide bonds. The average Bonchev–Trinajstić information content (AvgIpc) is 2.78. The van der Waals surface area contributed by atoms with Crippen molar-refractivity contribution in [3.8, 4) is 0 Å². The van der Waals surface area contributed by atoms with Crippen LogP contribution in [-0.4, -0.2) is 41.0 Å². The van der Waals surface area contributed by atoms with Gasteiger partial charge in [-0.2, -0.15) is 0 Å². The molecule has 2 rings (SSSR count). The zero-order valence-corrected chi connectivity index (χ0v) is 11.8. The van der Waals surface area contributed by atoms with Crippen molar-refractivity contribution in [3.63, 3.8) is 0 Å². The molecule has 5 nitrogen and oxygen atoms in total. The number of hydrogen-bond acceptors (Lipinski definition) is 4. The van der Waals surface area contributed by atoms with Crippen LogP contribution in [0.3, 0.4) is 0 Å². The van der Waals surface area contributed by atoms with Gasteiger partial charge in [-0.3, -0.25) is 0 Å². The first-order chi connectivity index (χ1) is 8.41. The molecule has 1 aromatic heterocycles. The lowest BCUT2D eigenvalue weighted by molar-refractivity contribution is 0.465. The van der Waals surface area contributed by atoms with Gasteiger partial charge in [0.1, 0.15) is 5.82 Å². The molecule has 0 bridgehead atoms. The first-order valence-electron chi connectivity index (χ1n) is 6.19. The summed E-state index contributed by atoms with van der Waals surface area (Å²) in [7, 11) is -3.14. The maximum Gasteiger partial charge on any atom is 0.216 e. The number of hydrogen-bond donors (Lipinski definition) is 0. The summed E-state index contributed by atoms with van der Waals surface area (Å²) >= 11 is 0. The molecule has 100 valence electrons. The van der Waals surface area contributed by atoms with Crippen LogP contribution >= 0.6 is 0 Å². The maximum atomic E-state index is 12.1. The third-order valence-corrected chi connectivity index (χ3v) is 5.57. The maximum absolute atomic E-state index is 12.1. The predicted octanol–water partition coefficient (Wildman–Crippen LogP) is 1.31. The fourth-order valence-corrected chi connectivity index (χ4v) is 3.54. The van der Waals surface area contributed by atoms with E-state index in [2.05, 4.69) is 9.97 Å². The molecule has 1 saturated heterocycles. The van der Waals surface area contributed by atoms with Crippen LogP contribution in [0.5, 0.6) is 0 Å². The topological polar surface area (TPSA) is 63.2 Å². The van der Waals surface area contributed by atoms with Gasteiger partial charge in [0.15, 0.2) is 0 Å². The molecule has 1 fully saturated rings. The molecule has 0 radical (unpaired) electrons. The number of rotatable bonds is 3. The van der Waals surface area contributed by atoms with Crippen LogP contribution in [-0.2, 0) is 10.0 Å². The summed E-state index contributed by atoms with van der Waals surface area (Å²) in [4.78, 5) is 8.45. The van der Waals surface area contributed by atoms with Gasteiger partial charge in [-0.05, 0) is 33.3 Å². The monoisotopic (exact) mass is 269 g/mol. The Bertz CT molecular complexity index is 528. The zero-order chi connectivity index (χ0) is 13.3. The molecule has 0 aliphatic carbocycles. The van der Waals surface area contributed by atoms with E-state index >= 15 is 0 Å². The Hall–Kier alpha value is -1.01. The zero-order valence-electron chi connectivity index (χ0n) is 11.0. The minimum Gasteiger partial charge on any atom is -0.242 e. The Labute approximate surface area is 108 Å². The SMILES string of the molecule is Cc1nccc(C2CCN(S(=O)(=O)C(C)C)C2)n1. The molecule has 0 saturated carbocycles. The van der Waals surface area contributed by atoms with Crippen molar-refractivity contribution in [2.24, 2.45) is 0 Å². The van der Waals surface area contributed by atoms with E-state index in [0.29, 0.717) is 13.1 Å². The second-order valence-electron chi connectivity index (χ2n) is 4.97. The van der Waals surface area contributed by atoms with Gasteiger partial charge in [-0.15, -0.1) is 0 Å². The summed E-state index contributed by atoms with van der Waals surface area (Å²) in [5.41, 5.74) is 0.948. The van der Waals surface area contributed by atoms with E-state index in [9.17, 15) is 8.42 Å². The van der Waals surface area contributed by atoms with Crippen LogP contribution in [0, 0.1) is 6.92 Å². The second kappa shape index (κ2) is 4.93. The largest absolute Gasteiger partial charge is 0.242 e. The van der Waals surface area contributed by atoms with Gasteiger partial charge in [0.25, 0.3) is 0 Å². The highest BCUT2D eigenvalue weighted by atomic mass is 32.2. The van der Waals surface area contributed by atoms with E-state index in [0.717, 1.165) is 17.9 Å². The molecular formula is C12H19N3O2S. The number of aromatic nitrogens is 2. The number of aryl methyl sites for hydroxylation is 1. The Kier molecular flexibility index (Phi) is 3.68. The summed E-state index contributed by atoms with van der Waals surface area (Å²) in [6.45, 7) is 6.42. The number of nitrogens with zero attached hydrogens (tertiary/aromatic N) is 3. The molecule has 1 aromatic rings. The minimum absolute atomic E-state index is 0.195.